The van der Waals surface area contributed by atoms with Gasteiger partial charge in [-0.15, -0.1) is 0 Å². The molecular formula is C10H13BrFNO3S. The van der Waals surface area contributed by atoms with Gasteiger partial charge >= 0.3 is 0 Å². The monoisotopic (exact) mass is 325 g/mol. The zero-order valence-electron chi connectivity index (χ0n) is 9.24. The Morgan fingerprint density at radius 1 is 1.47 bits per heavy atom. The third-order valence-corrected chi connectivity index (χ3v) is 3.61. The Hall–Kier alpha value is -0.820. The molecular weight excluding hydrogens is 313 g/mol. The number of hydrogen-bond acceptors (Lipinski definition) is 4. The molecule has 4 nitrogen and oxygen atoms in total. The molecule has 0 fully saturated rings. The number of halogens is 2. The highest BCUT2D eigenvalue weighted by atomic mass is 79.9. The standard InChI is InChI=1S/C10H13BrFNO3S/c1-17(14,15)4-2-3-16-10-6-8(12)7(11)5-9(10)13/h5-6H,2-4,13H2,1H3. The number of sulfone groups is 1. The van der Waals surface area contributed by atoms with Crippen molar-refractivity contribution in [3.05, 3.63) is 22.4 Å². The van der Waals surface area contributed by atoms with E-state index in [4.69, 9.17) is 10.5 Å². The Labute approximate surface area is 108 Å². The van der Waals surface area contributed by atoms with E-state index in [0.29, 0.717) is 12.1 Å². The number of nitrogens with two attached hydrogens (primary N) is 1. The second kappa shape index (κ2) is 5.68. The molecule has 1 rings (SSSR count). The van der Waals surface area contributed by atoms with E-state index in [1.807, 2.05) is 0 Å². The minimum atomic E-state index is -3.00. The molecule has 0 saturated heterocycles. The number of rotatable bonds is 5. The van der Waals surface area contributed by atoms with Crippen LogP contribution in [-0.4, -0.2) is 27.0 Å². The minimum absolute atomic E-state index is 0.0336. The van der Waals surface area contributed by atoms with Crippen molar-refractivity contribution in [3.8, 4) is 5.75 Å². The van der Waals surface area contributed by atoms with E-state index in [1.165, 1.54) is 12.1 Å². The maximum atomic E-state index is 13.2. The lowest BCUT2D eigenvalue weighted by Crippen LogP contribution is -2.08. The first-order chi connectivity index (χ1) is 7.79. The van der Waals surface area contributed by atoms with Gasteiger partial charge in [0.15, 0.2) is 0 Å². The van der Waals surface area contributed by atoms with E-state index in [9.17, 15) is 12.8 Å². The summed E-state index contributed by atoms with van der Waals surface area (Å²) in [6, 6.07) is 2.57. The molecule has 7 heteroatoms. The van der Waals surface area contributed by atoms with E-state index in [-0.39, 0.29) is 22.6 Å². The summed E-state index contributed by atoms with van der Waals surface area (Å²) in [5, 5.41) is 0. The Balaban J connectivity index is 2.55. The number of nitrogen functional groups attached to an aromatic ring is 1. The third kappa shape index (κ3) is 4.91. The topological polar surface area (TPSA) is 69.4 Å². The second-order valence-corrected chi connectivity index (χ2v) is 6.75. The van der Waals surface area contributed by atoms with Crippen LogP contribution in [0, 0.1) is 5.82 Å². The molecule has 0 heterocycles. The lowest BCUT2D eigenvalue weighted by atomic mass is 10.3. The molecule has 0 spiro atoms. The summed E-state index contributed by atoms with van der Waals surface area (Å²) in [6.45, 7) is 0.179. The Morgan fingerprint density at radius 3 is 2.71 bits per heavy atom. The van der Waals surface area contributed by atoms with Crippen LogP contribution >= 0.6 is 15.9 Å². The molecule has 1 aromatic rings. The molecule has 0 saturated carbocycles. The molecule has 17 heavy (non-hydrogen) atoms. The van der Waals surface area contributed by atoms with Crippen molar-refractivity contribution in [1.82, 2.24) is 0 Å². The largest absolute Gasteiger partial charge is 0.491 e. The van der Waals surface area contributed by atoms with Crippen LogP contribution in [0.4, 0.5) is 10.1 Å². The van der Waals surface area contributed by atoms with Gasteiger partial charge in [-0.1, -0.05) is 0 Å². The predicted octanol–water partition coefficient (Wildman–Crippen LogP) is 1.98. The summed E-state index contributed by atoms with van der Waals surface area (Å²) in [4.78, 5) is 0. The highest BCUT2D eigenvalue weighted by Gasteiger charge is 2.08. The molecule has 0 radical (unpaired) electrons. The highest BCUT2D eigenvalue weighted by Crippen LogP contribution is 2.28. The molecule has 0 aliphatic carbocycles. The van der Waals surface area contributed by atoms with Crippen molar-refractivity contribution in [2.75, 3.05) is 24.3 Å². The van der Waals surface area contributed by atoms with E-state index < -0.39 is 15.7 Å². The van der Waals surface area contributed by atoms with E-state index in [2.05, 4.69) is 15.9 Å². The van der Waals surface area contributed by atoms with Crippen LogP contribution in [0.1, 0.15) is 6.42 Å². The number of anilines is 1. The molecule has 0 aromatic heterocycles. The van der Waals surface area contributed by atoms with Gasteiger partial charge in [-0.3, -0.25) is 0 Å². The molecule has 0 aliphatic heterocycles. The minimum Gasteiger partial charge on any atom is -0.491 e. The van der Waals surface area contributed by atoms with Crippen LogP contribution in [0.2, 0.25) is 0 Å². The maximum Gasteiger partial charge on any atom is 0.147 e. The zero-order valence-corrected chi connectivity index (χ0v) is 11.6. The van der Waals surface area contributed by atoms with Crippen molar-refractivity contribution >= 4 is 31.5 Å². The summed E-state index contributed by atoms with van der Waals surface area (Å²) in [5.41, 5.74) is 5.92. The first-order valence-electron chi connectivity index (χ1n) is 4.84. The molecule has 2 N–H and O–H groups in total. The van der Waals surface area contributed by atoms with Gasteiger partial charge in [0.1, 0.15) is 21.4 Å². The Morgan fingerprint density at radius 2 is 2.12 bits per heavy atom. The van der Waals surface area contributed by atoms with Crippen LogP contribution in [0.15, 0.2) is 16.6 Å². The van der Waals surface area contributed by atoms with Gasteiger partial charge in [0, 0.05) is 12.3 Å². The van der Waals surface area contributed by atoms with Gasteiger partial charge in [-0.05, 0) is 28.4 Å². The molecule has 0 aliphatic rings. The van der Waals surface area contributed by atoms with Gasteiger partial charge in [-0.25, -0.2) is 12.8 Å². The number of hydrogen-bond donors (Lipinski definition) is 1. The van der Waals surface area contributed by atoms with E-state index >= 15 is 0 Å². The molecule has 1 aromatic carbocycles. The predicted molar refractivity (Wildman–Crippen MR) is 68.3 cm³/mol. The number of benzene rings is 1. The molecule has 0 bridgehead atoms. The quantitative estimate of drug-likeness (QED) is 0.664. The van der Waals surface area contributed by atoms with Crippen LogP contribution in [0.5, 0.6) is 5.75 Å². The average Bonchev–Trinajstić information content (AvgIpc) is 2.18. The van der Waals surface area contributed by atoms with Gasteiger partial charge in [0.25, 0.3) is 0 Å². The molecule has 0 unspecified atom stereocenters. The summed E-state index contributed by atoms with van der Waals surface area (Å²) < 4.78 is 40.4. The maximum absolute atomic E-state index is 13.2. The SMILES string of the molecule is CS(=O)(=O)CCCOc1cc(F)c(Br)cc1N. The van der Waals surface area contributed by atoms with Crippen molar-refractivity contribution in [1.29, 1.82) is 0 Å². The van der Waals surface area contributed by atoms with Crippen molar-refractivity contribution in [2.45, 2.75) is 6.42 Å². The van der Waals surface area contributed by atoms with E-state index in [1.54, 1.807) is 0 Å². The number of ether oxygens (including phenoxy) is 1. The van der Waals surface area contributed by atoms with Crippen LogP contribution in [0.3, 0.4) is 0 Å². The second-order valence-electron chi connectivity index (χ2n) is 3.64. The van der Waals surface area contributed by atoms with Gasteiger partial charge < -0.3 is 10.5 Å². The Bertz CT molecular complexity index is 505. The third-order valence-electron chi connectivity index (χ3n) is 1.97. The average molecular weight is 326 g/mol. The molecule has 0 atom stereocenters. The van der Waals surface area contributed by atoms with Crippen LogP contribution < -0.4 is 10.5 Å². The highest BCUT2D eigenvalue weighted by molar-refractivity contribution is 9.10. The Kier molecular flexibility index (Phi) is 4.76. The van der Waals surface area contributed by atoms with Crippen LogP contribution in [0.25, 0.3) is 0 Å². The van der Waals surface area contributed by atoms with Gasteiger partial charge in [-0.2, -0.15) is 0 Å². The van der Waals surface area contributed by atoms with Crippen molar-refractivity contribution in [2.24, 2.45) is 0 Å². The molecule has 96 valence electrons. The summed E-state index contributed by atoms with van der Waals surface area (Å²) in [5.74, 6) is -0.220. The van der Waals surface area contributed by atoms with Crippen LogP contribution in [-0.2, 0) is 9.84 Å². The lowest BCUT2D eigenvalue weighted by Gasteiger charge is -2.09. The fraction of sp³-hybridized carbons (Fsp3) is 0.400. The van der Waals surface area contributed by atoms with Crippen molar-refractivity contribution < 1.29 is 17.5 Å². The summed E-state index contributed by atoms with van der Waals surface area (Å²) in [6.07, 6.45) is 1.50. The summed E-state index contributed by atoms with van der Waals surface area (Å²) >= 11 is 3.00. The lowest BCUT2D eigenvalue weighted by molar-refractivity contribution is 0.317. The fourth-order valence-corrected chi connectivity index (χ4v) is 2.18. The van der Waals surface area contributed by atoms with Gasteiger partial charge in [0.05, 0.1) is 22.5 Å². The van der Waals surface area contributed by atoms with Gasteiger partial charge in [0.2, 0.25) is 0 Å². The first-order valence-corrected chi connectivity index (χ1v) is 7.70. The zero-order chi connectivity index (χ0) is 13.1. The molecule has 0 amide bonds. The fourth-order valence-electron chi connectivity index (χ4n) is 1.17. The first kappa shape index (κ1) is 14.2. The smallest absolute Gasteiger partial charge is 0.147 e. The van der Waals surface area contributed by atoms with Crippen molar-refractivity contribution in [3.63, 3.8) is 0 Å². The normalized spacial score (nSPS) is 11.5. The summed E-state index contributed by atoms with van der Waals surface area (Å²) in [7, 11) is -3.00. The van der Waals surface area contributed by atoms with E-state index in [0.717, 1.165) is 6.26 Å².